The summed E-state index contributed by atoms with van der Waals surface area (Å²) in [6, 6.07) is 17.4. The summed E-state index contributed by atoms with van der Waals surface area (Å²) in [6.45, 7) is 21.8. The van der Waals surface area contributed by atoms with E-state index in [-0.39, 0.29) is 6.10 Å². The number of benzene rings is 3. The Kier molecular flexibility index (Phi) is 13.9. The molecule has 1 atom stereocenters. The molecule has 4 nitrogen and oxygen atoms in total. The second-order valence-corrected chi connectivity index (χ2v) is 21.4. The van der Waals surface area contributed by atoms with Gasteiger partial charge in [-0.1, -0.05) is 35.4 Å². The van der Waals surface area contributed by atoms with Crippen molar-refractivity contribution >= 4 is 43.2 Å². The van der Waals surface area contributed by atoms with E-state index in [0.717, 1.165) is 28.9 Å². The molecule has 0 radical (unpaired) electrons. The number of hydrogen-bond acceptors (Lipinski definition) is 3. The summed E-state index contributed by atoms with van der Waals surface area (Å²) >= 11 is -1.77. The van der Waals surface area contributed by atoms with Gasteiger partial charge in [-0.05, 0) is 63.8 Å². The molecule has 0 saturated carbocycles. The van der Waals surface area contributed by atoms with E-state index in [1.807, 2.05) is 42.7 Å². The molecule has 0 N–H and O–H groups in total. The van der Waals surface area contributed by atoms with Gasteiger partial charge in [0.2, 0.25) is 0 Å². The fraction of sp³-hybridized carbons (Fsp3) is 0.429. The van der Waals surface area contributed by atoms with Gasteiger partial charge in [-0.2, -0.15) is 6.67 Å². The van der Waals surface area contributed by atoms with Crippen LogP contribution in [0.4, 0.5) is 36.6 Å². The first kappa shape index (κ1) is 43.3. The molecule has 3 aromatic rings. The number of quaternary nitrogens is 1. The van der Waals surface area contributed by atoms with Gasteiger partial charge in [0.25, 0.3) is 0 Å². The predicted molar refractivity (Wildman–Crippen MR) is 195 cm³/mol. The van der Waals surface area contributed by atoms with Crippen molar-refractivity contribution in [1.82, 2.24) is 0 Å². The first-order valence-electron chi connectivity index (χ1n) is 15.5. The average molecular weight is 845 g/mol. The number of rotatable bonds is 7. The van der Waals surface area contributed by atoms with Gasteiger partial charge in [-0.25, -0.2) is 0 Å². The minimum atomic E-state index is -10.7. The second kappa shape index (κ2) is 15.8. The van der Waals surface area contributed by atoms with Gasteiger partial charge in [0.15, 0.2) is 0 Å². The van der Waals surface area contributed by atoms with Crippen molar-refractivity contribution < 1.29 is 47.9 Å². The molecule has 1 aliphatic rings. The third kappa shape index (κ3) is 16.3. The molecule has 280 valence electrons. The fourth-order valence-electron chi connectivity index (χ4n) is 5.99. The molecular weight excluding hydrogens is 795 g/mol. The quantitative estimate of drug-likeness (QED) is 0.0775. The summed E-state index contributed by atoms with van der Waals surface area (Å²) in [5.41, 5.74) is 11.8. The van der Waals surface area contributed by atoms with E-state index in [4.69, 9.17) is 24.1 Å². The van der Waals surface area contributed by atoms with Gasteiger partial charge >= 0.3 is 131 Å². The van der Waals surface area contributed by atoms with E-state index in [1.165, 1.54) is 44.8 Å². The number of anilines is 2. The van der Waals surface area contributed by atoms with Gasteiger partial charge in [0.1, 0.15) is 0 Å². The van der Waals surface area contributed by atoms with E-state index in [1.54, 1.807) is 0 Å². The van der Waals surface area contributed by atoms with Crippen molar-refractivity contribution in [3.8, 4) is 5.75 Å². The first-order valence-corrected chi connectivity index (χ1v) is 23.0. The van der Waals surface area contributed by atoms with E-state index in [0.29, 0.717) is 6.04 Å². The number of nitrogens with zero attached hydrogens (tertiary/aromatic N) is 3. The molecule has 0 bridgehead atoms. The topological polar surface area (TPSA) is 15.7 Å². The van der Waals surface area contributed by atoms with Gasteiger partial charge in [-0.15, -0.1) is 0 Å². The molecule has 1 unspecified atom stereocenters. The molecule has 3 aromatic carbocycles. The standard InChI is InChI=1S/C25H37N3.C10H12O.2ClH.F6P.Ru/c1-17-10-19(3)24(20(4)11-17)26-14-23(15-28(7,8)9)27(16-26)25-21(5)12-18(2)13-22(25)6;1-8(2)11-10-7-5-4-6-9(10)3;;;1-7(2,3,4,5)6;/h10-13,16,23H,14-15H2,1-9H3;3-8H,1-2H3;2*1H;;/q;;;;-1;+2/p-2. The summed E-state index contributed by atoms with van der Waals surface area (Å²) in [7, 11) is 7.85. The summed E-state index contributed by atoms with van der Waals surface area (Å²) in [6.07, 6.45) is 0.163. The van der Waals surface area contributed by atoms with Crippen LogP contribution in [0.5, 0.6) is 5.75 Å². The first-order chi connectivity index (χ1) is 22.0. The van der Waals surface area contributed by atoms with Crippen LogP contribution in [0.15, 0.2) is 48.5 Å². The van der Waals surface area contributed by atoms with Crippen LogP contribution in [-0.4, -0.2) is 55.5 Å². The Morgan fingerprint density at radius 1 is 0.837 bits per heavy atom. The van der Waals surface area contributed by atoms with E-state index in [9.17, 15) is 25.2 Å². The van der Waals surface area contributed by atoms with Crippen molar-refractivity contribution in [2.45, 2.75) is 67.5 Å². The molecule has 14 heteroatoms. The molecule has 1 aliphatic heterocycles. The number of aryl methyl sites for hydroxylation is 6. The van der Waals surface area contributed by atoms with Crippen LogP contribution < -0.4 is 14.5 Å². The van der Waals surface area contributed by atoms with Crippen LogP contribution >= 0.6 is 27.2 Å². The van der Waals surface area contributed by atoms with Crippen molar-refractivity contribution in [1.29, 1.82) is 0 Å². The number of likely N-dealkylation sites (N-methyl/N-ethyl adjacent to an activating group) is 1. The zero-order chi connectivity index (χ0) is 37.8. The third-order valence-corrected chi connectivity index (χ3v) is 8.94. The molecule has 0 spiro atoms. The summed E-state index contributed by atoms with van der Waals surface area (Å²) < 4.78 is 67.7. The third-order valence-electron chi connectivity index (χ3n) is 7.11. The number of para-hydroxylation sites is 1. The molecule has 4 rings (SSSR count). The van der Waals surface area contributed by atoms with Crippen LogP contribution in [0.25, 0.3) is 0 Å². The van der Waals surface area contributed by atoms with Gasteiger partial charge in [0, 0.05) is 17.9 Å². The van der Waals surface area contributed by atoms with Crippen molar-refractivity contribution in [3.05, 3.63) is 94.1 Å². The summed E-state index contributed by atoms with van der Waals surface area (Å²) in [5, 5.41) is 0. The fourth-order valence-corrected chi connectivity index (χ4v) is 7.79. The summed E-state index contributed by atoms with van der Waals surface area (Å²) in [4.78, 5) is 5.01. The molecule has 1 fully saturated rings. The Morgan fingerprint density at radius 2 is 1.27 bits per heavy atom. The summed E-state index contributed by atoms with van der Waals surface area (Å²) in [5.74, 6) is 0.850. The Labute approximate surface area is 301 Å². The molecular formula is C35H49Cl2F6N3OPRu-. The maximum absolute atomic E-state index is 10.7. The van der Waals surface area contributed by atoms with Crippen LogP contribution in [-0.2, 0) is 13.5 Å². The van der Waals surface area contributed by atoms with Gasteiger partial charge in [0.05, 0.1) is 33.7 Å². The Morgan fingerprint density at radius 3 is 1.67 bits per heavy atom. The number of hydrogen-bond donors (Lipinski definition) is 0. The van der Waals surface area contributed by atoms with E-state index >= 15 is 0 Å². The molecule has 1 saturated heterocycles. The Balaban J connectivity index is 0.000000329. The molecule has 0 aliphatic carbocycles. The van der Waals surface area contributed by atoms with Crippen LogP contribution in [0.3, 0.4) is 0 Å². The van der Waals surface area contributed by atoms with Crippen LogP contribution in [0, 0.1) is 48.2 Å². The predicted octanol–water partition coefficient (Wildman–Crippen LogP) is 12.0. The Hall–Kier alpha value is -1.90. The monoisotopic (exact) mass is 844 g/mol. The minimum absolute atomic E-state index is 0.163. The SMILES string of the molecule is CC(C)Oc1ccccc1[CH]=[Ru]([Cl])[Cl].Cc1cc(C)c(N2[CH-]N(c3c(C)cc(C)cc3C)C(C[N+](C)(C)C)C2)c(C)c1.F[P-](F)(F)(F)(F)F. The van der Waals surface area contributed by atoms with Crippen molar-refractivity contribution in [2.75, 3.05) is 44.0 Å². The van der Waals surface area contributed by atoms with Crippen LogP contribution in [0.2, 0.25) is 0 Å². The molecule has 0 amide bonds. The zero-order valence-electron chi connectivity index (χ0n) is 29.9. The van der Waals surface area contributed by atoms with Gasteiger partial charge in [-0.3, -0.25) is 0 Å². The number of halogens is 8. The maximum atomic E-state index is 9.87. The number of ether oxygens (including phenoxy) is 1. The molecule has 1 heterocycles. The molecule has 0 aromatic heterocycles. The van der Waals surface area contributed by atoms with Crippen LogP contribution in [0.1, 0.15) is 52.8 Å². The van der Waals surface area contributed by atoms with Crippen molar-refractivity contribution in [2.24, 2.45) is 0 Å². The van der Waals surface area contributed by atoms with E-state index < -0.39 is 21.3 Å². The van der Waals surface area contributed by atoms with Gasteiger partial charge < -0.3 is 14.3 Å². The Bertz CT molecular complexity index is 1590. The normalized spacial score (nSPS) is 16.6. The average Bonchev–Trinajstić information content (AvgIpc) is 3.22. The second-order valence-electron chi connectivity index (χ2n) is 13.8. The zero-order valence-corrected chi connectivity index (χ0v) is 34.1. The van der Waals surface area contributed by atoms with Crippen molar-refractivity contribution in [3.63, 3.8) is 0 Å². The van der Waals surface area contributed by atoms with E-state index in [2.05, 4.69) is 103 Å². The molecule has 49 heavy (non-hydrogen) atoms.